The Hall–Kier alpha value is 0.570. The molecule has 0 unspecified atom stereocenters. The summed E-state index contributed by atoms with van der Waals surface area (Å²) in [5.74, 6) is 0. The van der Waals surface area contributed by atoms with E-state index in [1.807, 2.05) is 13.0 Å². The van der Waals surface area contributed by atoms with Crippen LogP contribution in [0.25, 0.3) is 0 Å². The molecule has 0 heterocycles. The zero-order valence-electron chi connectivity index (χ0n) is 13.8. The molecule has 0 aromatic rings. The first-order chi connectivity index (χ1) is 8.91. The maximum Gasteiger partial charge on any atom is 1.00 e. The van der Waals surface area contributed by atoms with E-state index in [1.54, 1.807) is 0 Å². The fourth-order valence-corrected chi connectivity index (χ4v) is 1.68. The number of hydrogen-bond donors (Lipinski definition) is 2. The smallest absolute Gasteiger partial charge is 0.501 e. The first kappa shape index (κ1) is 29.6. The van der Waals surface area contributed by atoms with Crippen LogP contribution in [0.2, 0.25) is 0 Å². The molecule has 0 aliphatic heterocycles. The summed E-state index contributed by atoms with van der Waals surface area (Å²) in [6.45, 7) is 4.32. The van der Waals surface area contributed by atoms with E-state index in [-0.39, 0.29) is 35.0 Å². The van der Waals surface area contributed by atoms with E-state index in [0.29, 0.717) is 0 Å². The third-order valence-corrected chi connectivity index (χ3v) is 2.63. The third kappa shape index (κ3) is 53.0. The van der Waals surface area contributed by atoms with Crippen LogP contribution < -0.4 is 29.6 Å². The van der Waals surface area contributed by atoms with Crippen molar-refractivity contribution in [2.75, 3.05) is 0 Å². The quantitative estimate of drug-likeness (QED) is 0.267. The van der Waals surface area contributed by atoms with Crippen LogP contribution >= 0.6 is 0 Å². The molecular formula is C14H31NaO5S. The molecule has 0 aliphatic carbocycles. The van der Waals surface area contributed by atoms with Gasteiger partial charge in [-0.3, -0.25) is 15.2 Å². The van der Waals surface area contributed by atoms with Crippen molar-refractivity contribution in [3.8, 4) is 0 Å². The molecule has 0 spiro atoms. The van der Waals surface area contributed by atoms with Crippen molar-refractivity contribution in [1.82, 2.24) is 0 Å². The largest absolute Gasteiger partial charge is 1.00 e. The molecule has 0 rings (SSSR count). The summed E-state index contributed by atoms with van der Waals surface area (Å²) in [6.07, 6.45) is 19.2. The van der Waals surface area contributed by atoms with Crippen molar-refractivity contribution >= 4 is 10.4 Å². The molecular weight excluding hydrogens is 303 g/mol. The minimum Gasteiger partial charge on any atom is -0.501 e. The molecule has 0 aliphatic rings. The Morgan fingerprint density at radius 1 is 0.905 bits per heavy atom. The van der Waals surface area contributed by atoms with E-state index < -0.39 is 10.4 Å². The number of rotatable bonds is 10. The van der Waals surface area contributed by atoms with Crippen LogP contribution in [0.4, 0.5) is 0 Å². The van der Waals surface area contributed by atoms with Gasteiger partial charge in [-0.1, -0.05) is 71.6 Å². The number of unbranched alkanes of at least 4 members (excludes halogenated alkanes) is 9. The molecule has 5 nitrogen and oxygen atoms in total. The summed E-state index contributed by atoms with van der Waals surface area (Å²) in [6, 6.07) is 0. The van der Waals surface area contributed by atoms with Crippen LogP contribution in [-0.4, -0.2) is 23.0 Å². The molecule has 0 fully saturated rings. The number of allylic oxidation sites excluding steroid dienone is 2. The molecule has 0 saturated carbocycles. The Bertz CT molecular complexity index is 284. The topological polar surface area (TPSA) is 106 Å². The van der Waals surface area contributed by atoms with E-state index in [1.165, 1.54) is 57.8 Å². The van der Waals surface area contributed by atoms with Crippen LogP contribution in [0.15, 0.2) is 6.08 Å². The van der Waals surface area contributed by atoms with Gasteiger partial charge in [-0.2, -0.15) is 14.8 Å². The van der Waals surface area contributed by atoms with E-state index in [2.05, 4.69) is 13.0 Å². The molecule has 0 atom stereocenters. The van der Waals surface area contributed by atoms with Crippen LogP contribution in [0.3, 0.4) is 0 Å². The van der Waals surface area contributed by atoms with Gasteiger partial charge in [0.05, 0.1) is 0 Å². The van der Waals surface area contributed by atoms with Crippen LogP contribution in [0, 0.1) is 6.08 Å². The van der Waals surface area contributed by atoms with Gasteiger partial charge in [0.15, 0.2) is 0 Å². The van der Waals surface area contributed by atoms with E-state index in [4.69, 9.17) is 17.5 Å². The summed E-state index contributed by atoms with van der Waals surface area (Å²) < 4.78 is 31.6. The van der Waals surface area contributed by atoms with Crippen molar-refractivity contribution in [1.29, 1.82) is 0 Å². The summed E-state index contributed by atoms with van der Waals surface area (Å²) >= 11 is 0. The molecule has 0 radical (unpaired) electrons. The van der Waals surface area contributed by atoms with Crippen LogP contribution in [0.1, 0.15) is 78.1 Å². The van der Waals surface area contributed by atoms with Gasteiger partial charge in [-0.15, -0.1) is 0 Å². The molecule has 0 amide bonds. The zero-order chi connectivity index (χ0) is 15.0. The second kappa shape index (κ2) is 22.8. The Balaban J connectivity index is -0.000000179. The van der Waals surface area contributed by atoms with Gasteiger partial charge in [-0.25, -0.2) is 0 Å². The normalized spacial score (nSPS) is 10.3. The molecule has 0 bridgehead atoms. The van der Waals surface area contributed by atoms with Gasteiger partial charge in [-0.05, 0) is 0 Å². The zero-order valence-corrected chi connectivity index (χ0v) is 16.6. The second-order valence-electron chi connectivity index (χ2n) is 4.52. The van der Waals surface area contributed by atoms with Gasteiger partial charge in [0, 0.05) is 0 Å². The maximum atomic E-state index is 8.74. The van der Waals surface area contributed by atoms with Gasteiger partial charge in [0.1, 0.15) is 0 Å². The predicted molar refractivity (Wildman–Crippen MR) is 83.1 cm³/mol. The Morgan fingerprint density at radius 2 is 1.24 bits per heavy atom. The molecule has 0 aromatic heterocycles. The predicted octanol–water partition coefficient (Wildman–Crippen LogP) is 0.813. The average Bonchev–Trinajstić information content (AvgIpc) is 2.29. The van der Waals surface area contributed by atoms with Gasteiger partial charge in [0.2, 0.25) is 0 Å². The third-order valence-electron chi connectivity index (χ3n) is 2.63. The van der Waals surface area contributed by atoms with Crippen molar-refractivity contribution < 1.29 is 52.6 Å². The molecule has 0 saturated heterocycles. The summed E-state index contributed by atoms with van der Waals surface area (Å²) in [7, 11) is -4.67. The standard InChI is InChI=1S/C14H27.Na.H2O4S.H2O/c1-3-5-7-9-11-13-14-12-10-8-6-4-2;;1-5(2,3)4;/h3H,4,6-14H2,1-2H3;;(H2,1,2,3,4);1H2/q-1;+1;;. The van der Waals surface area contributed by atoms with Crippen molar-refractivity contribution in [3.63, 3.8) is 0 Å². The van der Waals surface area contributed by atoms with Gasteiger partial charge >= 0.3 is 40.0 Å². The van der Waals surface area contributed by atoms with Crippen molar-refractivity contribution in [2.24, 2.45) is 0 Å². The first-order valence-electron chi connectivity index (χ1n) is 7.13. The minimum atomic E-state index is -4.67. The Morgan fingerprint density at radius 3 is 1.57 bits per heavy atom. The van der Waals surface area contributed by atoms with Crippen LogP contribution in [0.5, 0.6) is 0 Å². The SMILES string of the molecule is CC=[C-]CCCCCCCCCCC.O.O=S(=O)(O)O.[Na+]. The Labute approximate surface area is 152 Å². The second-order valence-corrected chi connectivity index (χ2v) is 5.41. The monoisotopic (exact) mass is 334 g/mol. The van der Waals surface area contributed by atoms with Crippen LogP contribution in [-0.2, 0) is 10.4 Å². The molecule has 21 heavy (non-hydrogen) atoms. The first-order valence-corrected chi connectivity index (χ1v) is 8.52. The molecule has 4 N–H and O–H groups in total. The summed E-state index contributed by atoms with van der Waals surface area (Å²) in [5, 5.41) is 0. The fourth-order valence-electron chi connectivity index (χ4n) is 1.68. The minimum absolute atomic E-state index is 0. The van der Waals surface area contributed by atoms with Gasteiger partial charge < -0.3 is 11.6 Å². The van der Waals surface area contributed by atoms with Crippen molar-refractivity contribution in [2.45, 2.75) is 78.1 Å². The summed E-state index contributed by atoms with van der Waals surface area (Å²) in [5.41, 5.74) is 0. The van der Waals surface area contributed by atoms with E-state index in [9.17, 15) is 0 Å². The van der Waals surface area contributed by atoms with E-state index in [0.717, 1.165) is 6.42 Å². The summed E-state index contributed by atoms with van der Waals surface area (Å²) in [4.78, 5) is 0. The van der Waals surface area contributed by atoms with Gasteiger partial charge in [0.25, 0.3) is 0 Å². The van der Waals surface area contributed by atoms with E-state index >= 15 is 0 Å². The molecule has 7 heteroatoms. The number of hydrogen-bond acceptors (Lipinski definition) is 2. The average molecular weight is 334 g/mol. The fraction of sp³-hybridized carbons (Fsp3) is 0.857. The molecule has 124 valence electrons. The Kier molecular flexibility index (Phi) is 32.2. The maximum absolute atomic E-state index is 8.74. The molecule has 0 aromatic carbocycles. The van der Waals surface area contributed by atoms with Crippen molar-refractivity contribution in [3.05, 3.63) is 12.2 Å².